The van der Waals surface area contributed by atoms with Crippen molar-refractivity contribution in [1.29, 1.82) is 0 Å². The number of nitrogens with one attached hydrogen (secondary N) is 2. The highest BCUT2D eigenvalue weighted by Gasteiger charge is 2.70. The van der Waals surface area contributed by atoms with Crippen molar-refractivity contribution >= 4 is 21.6 Å². The van der Waals surface area contributed by atoms with Crippen LogP contribution in [0.4, 0.5) is 32.0 Å². The maximum absolute atomic E-state index is 12.7. The van der Waals surface area contributed by atoms with E-state index in [1.165, 1.54) is 17.4 Å². The number of hydrogen-bond acceptors (Lipinski definition) is 4. The normalized spacial score (nSPS) is 13.0. The summed E-state index contributed by atoms with van der Waals surface area (Å²) in [6, 6.07) is 10.2. The first kappa shape index (κ1) is 24.5. The highest BCUT2D eigenvalue weighted by atomic mass is 32.2. The van der Waals surface area contributed by atoms with Gasteiger partial charge in [-0.15, -0.1) is 0 Å². The van der Waals surface area contributed by atoms with Gasteiger partial charge in [-0.25, -0.2) is 8.42 Å². The number of sulfonamides is 1. The van der Waals surface area contributed by atoms with Gasteiger partial charge in [0.2, 0.25) is 0 Å². The number of halogens is 6. The van der Waals surface area contributed by atoms with Crippen LogP contribution >= 0.6 is 0 Å². The number of alkyl halides is 6. The molecule has 2 rings (SSSR count). The fourth-order valence-corrected chi connectivity index (χ4v) is 3.49. The summed E-state index contributed by atoms with van der Waals surface area (Å²) < 4.78 is 103. The number of aryl methyl sites for hydroxylation is 1. The van der Waals surface area contributed by atoms with Gasteiger partial charge in [-0.2, -0.15) is 26.3 Å². The number of anilines is 1. The van der Waals surface area contributed by atoms with Crippen LogP contribution in [-0.4, -0.2) is 43.9 Å². The second kappa shape index (κ2) is 8.38. The molecule has 13 heteroatoms. The zero-order valence-corrected chi connectivity index (χ0v) is 16.5. The molecule has 31 heavy (non-hydrogen) atoms. The minimum Gasteiger partial charge on any atom is -0.372 e. The lowest BCUT2D eigenvalue weighted by Crippen LogP contribution is -2.62. The lowest BCUT2D eigenvalue weighted by Gasteiger charge is -2.32. The smallest absolute Gasteiger partial charge is 0.372 e. The number of rotatable bonds is 6. The number of benzene rings is 2. The summed E-state index contributed by atoms with van der Waals surface area (Å²) in [5.41, 5.74) is -4.75. The van der Waals surface area contributed by atoms with E-state index in [0.29, 0.717) is 0 Å². The summed E-state index contributed by atoms with van der Waals surface area (Å²) in [6.45, 7) is -0.497. The van der Waals surface area contributed by atoms with E-state index < -0.39 is 50.9 Å². The van der Waals surface area contributed by atoms with Crippen molar-refractivity contribution in [3.8, 4) is 0 Å². The van der Waals surface area contributed by atoms with Crippen molar-refractivity contribution in [2.75, 3.05) is 11.3 Å². The molecule has 0 radical (unpaired) electrons. The topological polar surface area (TPSA) is 95.5 Å². The molecule has 2 aromatic rings. The molecule has 0 fully saturated rings. The zero-order valence-electron chi connectivity index (χ0n) is 15.7. The third-order valence-corrected chi connectivity index (χ3v) is 5.50. The monoisotopic (exact) mass is 470 g/mol. The molecule has 0 atom stereocenters. The van der Waals surface area contributed by atoms with Crippen molar-refractivity contribution in [1.82, 2.24) is 5.32 Å². The molecule has 0 spiro atoms. The van der Waals surface area contributed by atoms with Gasteiger partial charge in [0.15, 0.2) is 0 Å². The molecule has 1 amide bonds. The Morgan fingerprint density at radius 3 is 2.10 bits per heavy atom. The summed E-state index contributed by atoms with van der Waals surface area (Å²) >= 11 is 0. The number of carbonyl (C=O) groups is 1. The summed E-state index contributed by atoms with van der Waals surface area (Å²) in [5, 5.41) is 10.4. The molecule has 3 N–H and O–H groups in total. The second-order valence-electron chi connectivity index (χ2n) is 6.54. The number of hydrogen-bond donors (Lipinski definition) is 3. The van der Waals surface area contributed by atoms with Gasteiger partial charge in [0.25, 0.3) is 21.5 Å². The predicted octanol–water partition coefficient (Wildman–Crippen LogP) is 3.38. The Hall–Kier alpha value is -2.80. The molecule has 6 nitrogen and oxygen atoms in total. The molecule has 0 heterocycles. The van der Waals surface area contributed by atoms with Crippen LogP contribution in [0.1, 0.15) is 15.9 Å². The van der Waals surface area contributed by atoms with Gasteiger partial charge in [0.05, 0.1) is 11.4 Å². The second-order valence-corrected chi connectivity index (χ2v) is 8.22. The molecule has 2 aromatic carbocycles. The molecule has 170 valence electrons. The Morgan fingerprint density at radius 1 is 0.968 bits per heavy atom. The van der Waals surface area contributed by atoms with E-state index in [1.807, 2.05) is 0 Å². The van der Waals surface area contributed by atoms with Crippen LogP contribution in [0.2, 0.25) is 0 Å². The molecular weight excluding hydrogens is 454 g/mol. The van der Waals surface area contributed by atoms with Crippen molar-refractivity contribution in [3.63, 3.8) is 0 Å². The van der Waals surface area contributed by atoms with E-state index in [2.05, 4.69) is 4.72 Å². The molecule has 0 saturated heterocycles. The predicted molar refractivity (Wildman–Crippen MR) is 97.8 cm³/mol. The largest absolute Gasteiger partial charge is 0.428 e. The Morgan fingerprint density at radius 2 is 1.55 bits per heavy atom. The van der Waals surface area contributed by atoms with E-state index in [9.17, 15) is 39.6 Å². The molecule has 0 unspecified atom stereocenters. The molecule has 0 aliphatic carbocycles. The van der Waals surface area contributed by atoms with Gasteiger partial charge in [-0.1, -0.05) is 18.2 Å². The maximum Gasteiger partial charge on any atom is 0.428 e. The van der Waals surface area contributed by atoms with Crippen molar-refractivity contribution in [2.24, 2.45) is 0 Å². The SMILES string of the molecule is Cc1cccc(NS(=O)(=O)c2cccc(C(=O)NCC(O)(C(F)(F)F)C(F)(F)F)c2)c1. The average Bonchev–Trinajstić information content (AvgIpc) is 2.63. The van der Waals surface area contributed by atoms with Gasteiger partial charge >= 0.3 is 12.4 Å². The summed E-state index contributed by atoms with van der Waals surface area (Å²) in [5.74, 6) is -1.44. The molecule has 0 aliphatic rings. The van der Waals surface area contributed by atoms with Crippen LogP contribution in [-0.2, 0) is 10.0 Å². The highest BCUT2D eigenvalue weighted by Crippen LogP contribution is 2.42. The number of carbonyl (C=O) groups excluding carboxylic acids is 1. The minimum atomic E-state index is -6.11. The van der Waals surface area contributed by atoms with Gasteiger partial charge in [0, 0.05) is 11.3 Å². The minimum absolute atomic E-state index is 0.204. The van der Waals surface area contributed by atoms with Gasteiger partial charge < -0.3 is 10.4 Å². The van der Waals surface area contributed by atoms with Crippen molar-refractivity contribution in [2.45, 2.75) is 29.8 Å². The van der Waals surface area contributed by atoms with Crippen LogP contribution in [0.15, 0.2) is 53.4 Å². The highest BCUT2D eigenvalue weighted by molar-refractivity contribution is 7.92. The van der Waals surface area contributed by atoms with E-state index in [1.54, 1.807) is 19.1 Å². The zero-order chi connectivity index (χ0) is 23.7. The van der Waals surface area contributed by atoms with Gasteiger partial charge in [-0.3, -0.25) is 9.52 Å². The van der Waals surface area contributed by atoms with Crippen LogP contribution in [0, 0.1) is 6.92 Å². The molecule has 0 aromatic heterocycles. The lowest BCUT2D eigenvalue weighted by molar-refractivity contribution is -0.364. The fourth-order valence-electron chi connectivity index (χ4n) is 2.40. The van der Waals surface area contributed by atoms with Crippen molar-refractivity contribution < 1.29 is 44.7 Å². The number of aliphatic hydroxyl groups is 1. The van der Waals surface area contributed by atoms with Crippen LogP contribution in [0.25, 0.3) is 0 Å². The third kappa shape index (κ3) is 5.47. The average molecular weight is 470 g/mol. The third-order valence-electron chi connectivity index (χ3n) is 4.12. The van der Waals surface area contributed by atoms with E-state index in [0.717, 1.165) is 29.8 Å². The number of amides is 1. The Kier molecular flexibility index (Phi) is 6.62. The van der Waals surface area contributed by atoms with Crippen LogP contribution in [0.3, 0.4) is 0 Å². The standard InChI is InChI=1S/C18H16F6N2O4S/c1-11-4-2-6-13(8-11)26-31(29,30)14-7-3-5-12(9-14)15(27)25-10-16(28,17(19,20)21)18(22,23)24/h2-9,26,28H,10H2,1H3,(H,25,27). The molecule has 0 saturated carbocycles. The first-order chi connectivity index (χ1) is 14.1. The Bertz CT molecular complexity index is 1050. The van der Waals surface area contributed by atoms with Crippen LogP contribution in [0.5, 0.6) is 0 Å². The summed E-state index contributed by atoms with van der Waals surface area (Å²) in [4.78, 5) is 11.6. The Labute approximate surface area is 172 Å². The van der Waals surface area contributed by atoms with Crippen molar-refractivity contribution in [3.05, 3.63) is 59.7 Å². The van der Waals surface area contributed by atoms with E-state index in [4.69, 9.17) is 5.11 Å². The first-order valence-corrected chi connectivity index (χ1v) is 9.89. The summed E-state index contributed by atoms with van der Waals surface area (Å²) in [7, 11) is -4.22. The van der Waals surface area contributed by atoms with Gasteiger partial charge in [0.1, 0.15) is 0 Å². The van der Waals surface area contributed by atoms with E-state index >= 15 is 0 Å². The molecular formula is C18H16F6N2O4S. The maximum atomic E-state index is 12.7. The van der Waals surface area contributed by atoms with Gasteiger partial charge in [-0.05, 0) is 42.8 Å². The quantitative estimate of drug-likeness (QED) is 0.565. The molecule has 0 aliphatic heterocycles. The van der Waals surface area contributed by atoms with Crippen LogP contribution < -0.4 is 10.0 Å². The first-order valence-electron chi connectivity index (χ1n) is 8.40. The molecule has 0 bridgehead atoms. The Balaban J connectivity index is 2.23. The fraction of sp³-hybridized carbons (Fsp3) is 0.278. The summed E-state index contributed by atoms with van der Waals surface area (Å²) in [6.07, 6.45) is -12.2. The van der Waals surface area contributed by atoms with E-state index in [-0.39, 0.29) is 5.69 Å². The lowest BCUT2D eigenvalue weighted by atomic mass is 10.0.